The maximum Gasteiger partial charge on any atom is 0.336 e. The second-order valence-corrected chi connectivity index (χ2v) is 7.28. The van der Waals surface area contributed by atoms with Crippen LogP contribution in [0.15, 0.2) is 60.9 Å². The minimum absolute atomic E-state index is 0.345. The minimum atomic E-state index is -0.896. The molecule has 0 saturated carbocycles. The molecule has 1 atom stereocenters. The van der Waals surface area contributed by atoms with Gasteiger partial charge in [0.05, 0.1) is 12.2 Å². The first-order chi connectivity index (χ1) is 13.6. The van der Waals surface area contributed by atoms with Gasteiger partial charge >= 0.3 is 5.97 Å². The van der Waals surface area contributed by atoms with Gasteiger partial charge in [-0.05, 0) is 72.1 Å². The van der Waals surface area contributed by atoms with Gasteiger partial charge in [0.25, 0.3) is 0 Å². The van der Waals surface area contributed by atoms with Crippen LogP contribution in [0.1, 0.15) is 45.8 Å². The van der Waals surface area contributed by atoms with Crippen LogP contribution in [-0.2, 0) is 6.42 Å². The molecule has 0 saturated heterocycles. The van der Waals surface area contributed by atoms with Gasteiger partial charge < -0.3 is 9.84 Å². The Bertz CT molecular complexity index is 1010. The Balaban J connectivity index is 1.57. The van der Waals surface area contributed by atoms with Crippen molar-refractivity contribution in [1.29, 1.82) is 0 Å². The van der Waals surface area contributed by atoms with Crippen molar-refractivity contribution in [2.24, 2.45) is 0 Å². The molecule has 4 rings (SSSR count). The summed E-state index contributed by atoms with van der Waals surface area (Å²) in [5, 5.41) is 9.37. The van der Waals surface area contributed by atoms with Crippen molar-refractivity contribution >= 4 is 5.97 Å². The molecular weight excluding hydrogens is 350 g/mol. The molecule has 0 spiro atoms. The number of rotatable bonds is 5. The number of fused-ring (bicyclic) bond motifs is 1. The number of aromatic carboxylic acids is 1. The van der Waals surface area contributed by atoms with Gasteiger partial charge in [-0.25, -0.2) is 4.79 Å². The van der Waals surface area contributed by atoms with E-state index in [9.17, 15) is 9.90 Å². The number of pyridine rings is 1. The zero-order chi connectivity index (χ0) is 19.5. The van der Waals surface area contributed by atoms with Crippen LogP contribution in [0.25, 0.3) is 11.1 Å². The van der Waals surface area contributed by atoms with Gasteiger partial charge in [-0.2, -0.15) is 0 Å². The van der Waals surface area contributed by atoms with Gasteiger partial charge in [0.15, 0.2) is 0 Å². The third kappa shape index (κ3) is 3.63. The zero-order valence-corrected chi connectivity index (χ0v) is 15.9. The summed E-state index contributed by atoms with van der Waals surface area (Å²) in [4.78, 5) is 15.5. The molecule has 3 aromatic rings. The van der Waals surface area contributed by atoms with Gasteiger partial charge in [0.2, 0.25) is 0 Å². The van der Waals surface area contributed by atoms with Crippen LogP contribution in [0.3, 0.4) is 0 Å². The highest BCUT2D eigenvalue weighted by Crippen LogP contribution is 2.39. The third-order valence-electron chi connectivity index (χ3n) is 5.53. The summed E-state index contributed by atoms with van der Waals surface area (Å²) in [5.41, 5.74) is 5.98. The molecule has 2 heterocycles. The lowest BCUT2D eigenvalue weighted by molar-refractivity contribution is 0.0695. The largest absolute Gasteiger partial charge is 0.493 e. The summed E-state index contributed by atoms with van der Waals surface area (Å²) in [7, 11) is 0. The predicted octanol–water partition coefficient (Wildman–Crippen LogP) is 5.25. The molecule has 0 radical (unpaired) electrons. The number of aryl methyl sites for hydroxylation is 2. The molecular formula is C24H23NO3. The molecule has 0 aliphatic carbocycles. The Morgan fingerprint density at radius 1 is 1.21 bits per heavy atom. The number of benzene rings is 2. The first kappa shape index (κ1) is 18.2. The molecule has 1 aromatic heterocycles. The van der Waals surface area contributed by atoms with Crippen molar-refractivity contribution in [3.8, 4) is 16.9 Å². The van der Waals surface area contributed by atoms with Crippen molar-refractivity contribution in [2.45, 2.75) is 32.1 Å². The second-order valence-electron chi connectivity index (χ2n) is 7.28. The third-order valence-corrected chi connectivity index (χ3v) is 5.53. The molecule has 0 fully saturated rings. The second kappa shape index (κ2) is 7.85. The first-order valence-electron chi connectivity index (χ1n) is 9.62. The smallest absolute Gasteiger partial charge is 0.336 e. The maximum absolute atomic E-state index is 11.4. The summed E-state index contributed by atoms with van der Waals surface area (Å²) in [6.45, 7) is 2.81. The quantitative estimate of drug-likeness (QED) is 0.663. The first-order valence-corrected chi connectivity index (χ1v) is 9.62. The van der Waals surface area contributed by atoms with Gasteiger partial charge in [-0.1, -0.05) is 36.4 Å². The number of nitrogens with zero attached hydrogens (tertiary/aromatic N) is 1. The van der Waals surface area contributed by atoms with E-state index in [-0.39, 0.29) is 0 Å². The Kier molecular flexibility index (Phi) is 5.11. The van der Waals surface area contributed by atoms with Crippen LogP contribution in [0, 0.1) is 6.92 Å². The molecule has 1 aliphatic heterocycles. The van der Waals surface area contributed by atoms with Crippen molar-refractivity contribution in [2.75, 3.05) is 6.61 Å². The Morgan fingerprint density at radius 2 is 2.07 bits per heavy atom. The van der Waals surface area contributed by atoms with Gasteiger partial charge in [0.1, 0.15) is 5.75 Å². The number of hydrogen-bond donors (Lipinski definition) is 1. The van der Waals surface area contributed by atoms with E-state index in [1.165, 1.54) is 22.9 Å². The molecule has 4 nitrogen and oxygen atoms in total. The van der Waals surface area contributed by atoms with Gasteiger partial charge in [-0.15, -0.1) is 0 Å². The number of ether oxygens (including phenoxy) is 1. The predicted molar refractivity (Wildman–Crippen MR) is 109 cm³/mol. The topological polar surface area (TPSA) is 59.4 Å². The van der Waals surface area contributed by atoms with Crippen LogP contribution in [0.2, 0.25) is 0 Å². The average molecular weight is 373 g/mol. The Hall–Kier alpha value is -3.14. The zero-order valence-electron chi connectivity index (χ0n) is 15.9. The number of carboxylic acid groups (broad SMARTS) is 1. The Labute approximate surface area is 164 Å². The number of carbonyl (C=O) groups is 1. The van der Waals surface area contributed by atoms with Crippen LogP contribution in [0.5, 0.6) is 5.75 Å². The Morgan fingerprint density at radius 3 is 2.89 bits per heavy atom. The van der Waals surface area contributed by atoms with Gasteiger partial charge in [-0.3, -0.25) is 4.98 Å². The van der Waals surface area contributed by atoms with Crippen LogP contribution < -0.4 is 4.74 Å². The van der Waals surface area contributed by atoms with Crippen molar-refractivity contribution in [3.63, 3.8) is 0 Å². The molecule has 2 aromatic carbocycles. The molecule has 1 aliphatic rings. The van der Waals surface area contributed by atoms with E-state index >= 15 is 0 Å². The van der Waals surface area contributed by atoms with E-state index in [0.717, 1.165) is 29.7 Å². The van der Waals surface area contributed by atoms with E-state index in [1.54, 1.807) is 12.3 Å². The van der Waals surface area contributed by atoms with E-state index in [1.807, 2.05) is 6.07 Å². The summed E-state index contributed by atoms with van der Waals surface area (Å²) in [6, 6.07) is 16.4. The van der Waals surface area contributed by atoms with Gasteiger partial charge in [0, 0.05) is 12.4 Å². The van der Waals surface area contributed by atoms with Crippen LogP contribution >= 0.6 is 0 Å². The van der Waals surface area contributed by atoms with E-state index in [4.69, 9.17) is 4.74 Å². The number of hydrogen-bond acceptors (Lipinski definition) is 3. The number of aromatic nitrogens is 1. The fourth-order valence-electron chi connectivity index (χ4n) is 3.99. The molecule has 28 heavy (non-hydrogen) atoms. The maximum atomic E-state index is 11.4. The average Bonchev–Trinajstić information content (AvgIpc) is 2.72. The standard InChI is InChI=1S/C24H23NO3/c1-16-4-2-3-5-20(16)18-8-9-21-17(11-13-28-23(21)14-18)6-7-19-15-25-12-10-22(19)24(26)27/h2-5,8-10,12,14-15,17H,6-7,11,13H2,1H3,(H,26,27)/t17-/m0/s1. The lowest BCUT2D eigenvalue weighted by atomic mass is 9.86. The lowest BCUT2D eigenvalue weighted by Crippen LogP contribution is -2.15. The fraction of sp³-hybridized carbons (Fsp3) is 0.250. The molecule has 0 bridgehead atoms. The van der Waals surface area contributed by atoms with Crippen molar-refractivity contribution in [1.82, 2.24) is 4.98 Å². The monoisotopic (exact) mass is 373 g/mol. The molecule has 0 unspecified atom stereocenters. The molecule has 0 amide bonds. The lowest BCUT2D eigenvalue weighted by Gasteiger charge is -2.27. The van der Waals surface area contributed by atoms with E-state index in [2.05, 4.69) is 48.3 Å². The molecule has 142 valence electrons. The summed E-state index contributed by atoms with van der Waals surface area (Å²) >= 11 is 0. The van der Waals surface area contributed by atoms with Crippen molar-refractivity contribution < 1.29 is 14.6 Å². The van der Waals surface area contributed by atoms with Crippen LogP contribution in [-0.4, -0.2) is 22.7 Å². The fourth-order valence-corrected chi connectivity index (χ4v) is 3.99. The molecule has 1 N–H and O–H groups in total. The summed E-state index contributed by atoms with van der Waals surface area (Å²) in [5.74, 6) is 0.408. The highest BCUT2D eigenvalue weighted by molar-refractivity contribution is 5.89. The van der Waals surface area contributed by atoms with E-state index < -0.39 is 5.97 Å². The van der Waals surface area contributed by atoms with Crippen molar-refractivity contribution in [3.05, 3.63) is 83.2 Å². The SMILES string of the molecule is Cc1ccccc1-c1ccc2c(c1)OCC[C@@H]2CCc1cnccc1C(=O)O. The van der Waals surface area contributed by atoms with Crippen LogP contribution in [0.4, 0.5) is 0 Å². The summed E-state index contributed by atoms with van der Waals surface area (Å²) < 4.78 is 5.96. The molecule has 4 heteroatoms. The van der Waals surface area contributed by atoms with E-state index in [0.29, 0.717) is 24.5 Å². The minimum Gasteiger partial charge on any atom is -0.493 e. The summed E-state index contributed by atoms with van der Waals surface area (Å²) in [6.07, 6.45) is 5.72. The number of carboxylic acids is 1. The highest BCUT2D eigenvalue weighted by atomic mass is 16.5. The highest BCUT2D eigenvalue weighted by Gasteiger charge is 2.23. The normalized spacial score (nSPS) is 15.5.